The average molecular weight is 253 g/mol. The van der Waals surface area contributed by atoms with Gasteiger partial charge in [-0.2, -0.15) is 0 Å². The molecule has 0 unspecified atom stereocenters. The van der Waals surface area contributed by atoms with Crippen LogP contribution in [0.15, 0.2) is 42.5 Å². The van der Waals surface area contributed by atoms with E-state index in [-0.39, 0.29) is 0 Å². The molecule has 1 aliphatic heterocycles. The number of fused-ring (bicyclic) bond motifs is 1. The molecule has 0 radical (unpaired) electrons. The minimum atomic E-state index is 0.529. The molecule has 0 atom stereocenters. The van der Waals surface area contributed by atoms with Gasteiger partial charge in [-0.05, 0) is 17.2 Å². The Morgan fingerprint density at radius 1 is 1.11 bits per heavy atom. The van der Waals surface area contributed by atoms with Gasteiger partial charge in [0.05, 0.1) is 5.69 Å². The standard InChI is InChI=1S/C16H19N3/c17-10-15-7-6-14-12-19(9-8-16(14)18-15)11-13-4-2-1-3-5-13/h1-7H,8-12,17H2. The highest BCUT2D eigenvalue weighted by molar-refractivity contribution is 5.26. The Bertz CT molecular complexity index is 551. The number of hydrogen-bond acceptors (Lipinski definition) is 3. The fraction of sp³-hybridized carbons (Fsp3) is 0.312. The smallest absolute Gasteiger partial charge is 0.0543 e. The van der Waals surface area contributed by atoms with Crippen LogP contribution in [-0.2, 0) is 26.1 Å². The van der Waals surface area contributed by atoms with Crippen LogP contribution in [-0.4, -0.2) is 16.4 Å². The van der Waals surface area contributed by atoms with Crippen molar-refractivity contribution < 1.29 is 0 Å². The molecule has 1 aromatic carbocycles. The van der Waals surface area contributed by atoms with Gasteiger partial charge < -0.3 is 5.73 Å². The molecule has 0 spiro atoms. The van der Waals surface area contributed by atoms with Crippen molar-refractivity contribution in [3.63, 3.8) is 0 Å². The van der Waals surface area contributed by atoms with Crippen molar-refractivity contribution in [1.29, 1.82) is 0 Å². The Kier molecular flexibility index (Phi) is 3.58. The minimum Gasteiger partial charge on any atom is -0.325 e. The van der Waals surface area contributed by atoms with Crippen LogP contribution in [0.25, 0.3) is 0 Å². The predicted molar refractivity (Wildman–Crippen MR) is 76.4 cm³/mol. The molecule has 2 heterocycles. The largest absolute Gasteiger partial charge is 0.325 e. The van der Waals surface area contributed by atoms with Crippen molar-refractivity contribution in [2.24, 2.45) is 5.73 Å². The molecule has 3 heteroatoms. The fourth-order valence-corrected chi connectivity index (χ4v) is 2.61. The third-order valence-electron chi connectivity index (χ3n) is 3.64. The number of nitrogens with zero attached hydrogens (tertiary/aromatic N) is 2. The minimum absolute atomic E-state index is 0.529. The van der Waals surface area contributed by atoms with E-state index in [2.05, 4.69) is 46.3 Å². The zero-order chi connectivity index (χ0) is 13.1. The Hall–Kier alpha value is -1.71. The Morgan fingerprint density at radius 3 is 2.74 bits per heavy atom. The summed E-state index contributed by atoms with van der Waals surface area (Å²) >= 11 is 0. The van der Waals surface area contributed by atoms with Crippen molar-refractivity contribution in [3.8, 4) is 0 Å². The average Bonchev–Trinajstić information content (AvgIpc) is 2.48. The van der Waals surface area contributed by atoms with E-state index in [0.29, 0.717) is 6.54 Å². The lowest BCUT2D eigenvalue weighted by Crippen LogP contribution is -2.30. The summed E-state index contributed by atoms with van der Waals surface area (Å²) in [6.07, 6.45) is 1.02. The Balaban J connectivity index is 1.72. The summed E-state index contributed by atoms with van der Waals surface area (Å²) in [5.41, 5.74) is 10.6. The highest BCUT2D eigenvalue weighted by Gasteiger charge is 2.17. The quantitative estimate of drug-likeness (QED) is 0.911. The van der Waals surface area contributed by atoms with E-state index in [0.717, 1.165) is 31.7 Å². The first-order valence-electron chi connectivity index (χ1n) is 6.79. The molecule has 1 aromatic heterocycles. The second kappa shape index (κ2) is 5.51. The van der Waals surface area contributed by atoms with Gasteiger partial charge in [0, 0.05) is 38.3 Å². The zero-order valence-corrected chi connectivity index (χ0v) is 11.0. The first-order valence-corrected chi connectivity index (χ1v) is 6.79. The van der Waals surface area contributed by atoms with Gasteiger partial charge in [0.2, 0.25) is 0 Å². The van der Waals surface area contributed by atoms with Crippen LogP contribution < -0.4 is 5.73 Å². The third kappa shape index (κ3) is 2.83. The van der Waals surface area contributed by atoms with Crippen LogP contribution >= 0.6 is 0 Å². The second-order valence-corrected chi connectivity index (χ2v) is 5.06. The summed E-state index contributed by atoms with van der Waals surface area (Å²) in [6, 6.07) is 14.9. The van der Waals surface area contributed by atoms with Gasteiger partial charge in [-0.25, -0.2) is 0 Å². The van der Waals surface area contributed by atoms with E-state index in [1.54, 1.807) is 0 Å². The van der Waals surface area contributed by atoms with Crippen LogP contribution in [0, 0.1) is 0 Å². The van der Waals surface area contributed by atoms with Crippen molar-refractivity contribution in [3.05, 3.63) is 65.0 Å². The Labute approximate surface area is 114 Å². The number of pyridine rings is 1. The lowest BCUT2D eigenvalue weighted by Gasteiger charge is -2.28. The molecule has 2 N–H and O–H groups in total. The molecular formula is C16H19N3. The normalized spacial score (nSPS) is 15.2. The molecule has 0 bridgehead atoms. The SMILES string of the molecule is NCc1ccc2c(n1)CCN(Cc1ccccc1)C2. The van der Waals surface area contributed by atoms with E-state index >= 15 is 0 Å². The fourth-order valence-electron chi connectivity index (χ4n) is 2.61. The molecule has 1 aliphatic rings. The maximum absolute atomic E-state index is 5.64. The lowest BCUT2D eigenvalue weighted by atomic mass is 10.0. The Morgan fingerprint density at radius 2 is 1.95 bits per heavy atom. The van der Waals surface area contributed by atoms with Crippen molar-refractivity contribution in [2.75, 3.05) is 6.54 Å². The predicted octanol–water partition coefficient (Wildman–Crippen LogP) is 2.10. The van der Waals surface area contributed by atoms with Gasteiger partial charge in [-0.3, -0.25) is 9.88 Å². The van der Waals surface area contributed by atoms with Crippen LogP contribution in [0.4, 0.5) is 0 Å². The van der Waals surface area contributed by atoms with E-state index in [1.165, 1.54) is 16.8 Å². The molecule has 0 fully saturated rings. The topological polar surface area (TPSA) is 42.1 Å². The summed E-state index contributed by atoms with van der Waals surface area (Å²) in [4.78, 5) is 7.10. The highest BCUT2D eigenvalue weighted by Crippen LogP contribution is 2.19. The van der Waals surface area contributed by atoms with Crippen LogP contribution in [0.5, 0.6) is 0 Å². The van der Waals surface area contributed by atoms with Gasteiger partial charge in [0.15, 0.2) is 0 Å². The maximum atomic E-state index is 5.64. The number of aromatic nitrogens is 1. The number of benzene rings is 1. The summed E-state index contributed by atoms with van der Waals surface area (Å²) in [6.45, 7) is 3.60. The molecule has 19 heavy (non-hydrogen) atoms. The summed E-state index contributed by atoms with van der Waals surface area (Å²) in [5.74, 6) is 0. The molecule has 0 saturated heterocycles. The lowest BCUT2D eigenvalue weighted by molar-refractivity contribution is 0.243. The molecule has 2 aromatic rings. The van der Waals surface area contributed by atoms with Gasteiger partial charge in [-0.1, -0.05) is 36.4 Å². The molecule has 0 amide bonds. The van der Waals surface area contributed by atoms with Crippen LogP contribution in [0.1, 0.15) is 22.5 Å². The van der Waals surface area contributed by atoms with Gasteiger partial charge in [0.1, 0.15) is 0 Å². The summed E-state index contributed by atoms with van der Waals surface area (Å²) in [5, 5.41) is 0. The maximum Gasteiger partial charge on any atom is 0.0543 e. The number of hydrogen-bond donors (Lipinski definition) is 1. The van der Waals surface area contributed by atoms with Crippen molar-refractivity contribution in [1.82, 2.24) is 9.88 Å². The molecule has 3 nitrogen and oxygen atoms in total. The first kappa shape index (κ1) is 12.3. The molecule has 0 saturated carbocycles. The van der Waals surface area contributed by atoms with Gasteiger partial charge >= 0.3 is 0 Å². The molecular weight excluding hydrogens is 234 g/mol. The van der Waals surface area contributed by atoms with E-state index in [4.69, 9.17) is 5.73 Å². The van der Waals surface area contributed by atoms with E-state index in [9.17, 15) is 0 Å². The van der Waals surface area contributed by atoms with Crippen LogP contribution in [0.3, 0.4) is 0 Å². The van der Waals surface area contributed by atoms with E-state index in [1.807, 2.05) is 6.07 Å². The summed E-state index contributed by atoms with van der Waals surface area (Å²) in [7, 11) is 0. The monoisotopic (exact) mass is 253 g/mol. The molecule has 98 valence electrons. The van der Waals surface area contributed by atoms with Gasteiger partial charge in [-0.15, -0.1) is 0 Å². The third-order valence-corrected chi connectivity index (χ3v) is 3.64. The first-order chi connectivity index (χ1) is 9.35. The molecule has 0 aliphatic carbocycles. The van der Waals surface area contributed by atoms with Crippen molar-refractivity contribution >= 4 is 0 Å². The summed E-state index contributed by atoms with van der Waals surface area (Å²) < 4.78 is 0. The number of nitrogens with two attached hydrogens (primary N) is 1. The zero-order valence-electron chi connectivity index (χ0n) is 11.0. The number of rotatable bonds is 3. The molecule has 3 rings (SSSR count). The van der Waals surface area contributed by atoms with E-state index < -0.39 is 0 Å². The van der Waals surface area contributed by atoms with Crippen LogP contribution in [0.2, 0.25) is 0 Å². The van der Waals surface area contributed by atoms with Gasteiger partial charge in [0.25, 0.3) is 0 Å². The highest BCUT2D eigenvalue weighted by atomic mass is 15.1. The van der Waals surface area contributed by atoms with Crippen molar-refractivity contribution in [2.45, 2.75) is 26.1 Å². The second-order valence-electron chi connectivity index (χ2n) is 5.06.